The van der Waals surface area contributed by atoms with Crippen molar-refractivity contribution in [3.8, 4) is 6.07 Å². The fourth-order valence-corrected chi connectivity index (χ4v) is 5.30. The summed E-state index contributed by atoms with van der Waals surface area (Å²) in [4.78, 5) is 19.0. The maximum atomic E-state index is 8.95. The number of nitriles is 1. The normalized spacial score (nSPS) is 16.6. The molecular formula is C25H30N6S. The van der Waals surface area contributed by atoms with Crippen molar-refractivity contribution < 1.29 is 0 Å². The highest BCUT2D eigenvalue weighted by atomic mass is 32.1. The van der Waals surface area contributed by atoms with Gasteiger partial charge in [-0.15, -0.1) is 11.3 Å². The monoisotopic (exact) mass is 446 g/mol. The fourth-order valence-electron chi connectivity index (χ4n) is 4.22. The molecule has 0 aromatic carbocycles. The molecule has 7 heteroatoms. The van der Waals surface area contributed by atoms with Crippen molar-refractivity contribution in [2.45, 2.75) is 65.0 Å². The molecule has 4 rings (SSSR count). The Morgan fingerprint density at radius 2 is 2.06 bits per heavy atom. The summed E-state index contributed by atoms with van der Waals surface area (Å²) in [5, 5.41) is 12.3. The van der Waals surface area contributed by atoms with Crippen LogP contribution < -0.4 is 5.32 Å². The highest BCUT2D eigenvalue weighted by Crippen LogP contribution is 2.33. The maximum absolute atomic E-state index is 8.95. The van der Waals surface area contributed by atoms with Gasteiger partial charge in [0.25, 0.3) is 0 Å². The van der Waals surface area contributed by atoms with E-state index in [-0.39, 0.29) is 0 Å². The van der Waals surface area contributed by atoms with E-state index < -0.39 is 0 Å². The van der Waals surface area contributed by atoms with Crippen molar-refractivity contribution in [3.63, 3.8) is 0 Å². The second-order valence-electron chi connectivity index (χ2n) is 8.35. The number of likely N-dealkylation sites (tertiary alicyclic amines) is 1. The average Bonchev–Trinajstić information content (AvgIpc) is 3.25. The smallest absolute Gasteiger partial charge is 0.140 e. The van der Waals surface area contributed by atoms with E-state index in [4.69, 9.17) is 10.2 Å². The summed E-state index contributed by atoms with van der Waals surface area (Å²) in [6.07, 6.45) is 8.92. The molecule has 3 aromatic rings. The third kappa shape index (κ3) is 5.70. The largest absolute Gasteiger partial charge is 0.339 e. The highest BCUT2D eigenvalue weighted by Gasteiger charge is 2.26. The number of aromatic nitrogens is 3. The predicted octanol–water partition coefficient (Wildman–Crippen LogP) is 5.93. The molecule has 1 N–H and O–H groups in total. The Labute approximate surface area is 194 Å². The minimum atomic E-state index is 0.297. The number of rotatable bonds is 8. The third-order valence-electron chi connectivity index (χ3n) is 5.82. The van der Waals surface area contributed by atoms with Gasteiger partial charge in [-0.2, -0.15) is 5.26 Å². The van der Waals surface area contributed by atoms with E-state index in [1.54, 1.807) is 12.3 Å². The van der Waals surface area contributed by atoms with Gasteiger partial charge in [0, 0.05) is 22.4 Å². The van der Waals surface area contributed by atoms with Crippen LogP contribution in [0.4, 0.5) is 11.5 Å². The van der Waals surface area contributed by atoms with E-state index in [1.165, 1.54) is 41.9 Å². The van der Waals surface area contributed by atoms with Crippen LogP contribution in [0.1, 0.15) is 72.0 Å². The van der Waals surface area contributed by atoms with Crippen molar-refractivity contribution in [1.82, 2.24) is 19.9 Å². The number of pyridine rings is 1. The van der Waals surface area contributed by atoms with Crippen LogP contribution in [0, 0.1) is 18.3 Å². The Kier molecular flexibility index (Phi) is 7.46. The molecule has 4 heterocycles. The standard InChI is InChI=1S/C25H30N6S/c1-3-4-7-21-11-12-22(32-21)17-31-13-6-5-8-24(31)23-14-25(29-18(2)28-23)30-20-10-9-19(15-26)27-16-20/h9-12,14,16,24H,3-8,13,17H2,1-2H3,(H,28,29,30)/t24-/m1/s1. The van der Waals surface area contributed by atoms with Crippen molar-refractivity contribution in [2.75, 3.05) is 11.9 Å². The molecule has 1 atom stereocenters. The lowest BCUT2D eigenvalue weighted by Gasteiger charge is -2.35. The number of aryl methyl sites for hydroxylation is 2. The van der Waals surface area contributed by atoms with Crippen molar-refractivity contribution >= 4 is 22.8 Å². The molecule has 0 radical (unpaired) electrons. The number of piperidine rings is 1. The number of hydrogen-bond acceptors (Lipinski definition) is 7. The number of anilines is 2. The lowest BCUT2D eigenvalue weighted by molar-refractivity contribution is 0.138. The molecule has 1 saturated heterocycles. The molecule has 1 aliphatic rings. The van der Waals surface area contributed by atoms with Crippen LogP contribution in [0.3, 0.4) is 0 Å². The highest BCUT2D eigenvalue weighted by molar-refractivity contribution is 7.11. The minimum Gasteiger partial charge on any atom is -0.339 e. The maximum Gasteiger partial charge on any atom is 0.140 e. The molecule has 1 aliphatic heterocycles. The summed E-state index contributed by atoms with van der Waals surface area (Å²) < 4.78 is 0. The molecular weight excluding hydrogens is 416 g/mol. The Bertz CT molecular complexity index is 1070. The Hall–Kier alpha value is -2.82. The predicted molar refractivity (Wildman–Crippen MR) is 129 cm³/mol. The number of thiophene rings is 1. The van der Waals surface area contributed by atoms with Gasteiger partial charge in [0.05, 0.1) is 23.6 Å². The molecule has 0 amide bonds. The van der Waals surface area contributed by atoms with Gasteiger partial charge < -0.3 is 5.32 Å². The zero-order chi connectivity index (χ0) is 22.3. The van der Waals surface area contributed by atoms with Gasteiger partial charge in [0.15, 0.2) is 0 Å². The zero-order valence-electron chi connectivity index (χ0n) is 18.8. The van der Waals surface area contributed by atoms with E-state index in [0.717, 1.165) is 42.5 Å². The first-order valence-electron chi connectivity index (χ1n) is 11.4. The van der Waals surface area contributed by atoms with Gasteiger partial charge in [-0.25, -0.2) is 15.0 Å². The summed E-state index contributed by atoms with van der Waals surface area (Å²) in [5.41, 5.74) is 2.29. The Morgan fingerprint density at radius 3 is 2.84 bits per heavy atom. The van der Waals surface area contributed by atoms with Crippen molar-refractivity contribution in [2.24, 2.45) is 0 Å². The second kappa shape index (κ2) is 10.7. The first kappa shape index (κ1) is 22.4. The van der Waals surface area contributed by atoms with Gasteiger partial charge in [-0.1, -0.05) is 19.8 Å². The van der Waals surface area contributed by atoms with Crippen LogP contribution in [0.5, 0.6) is 0 Å². The summed E-state index contributed by atoms with van der Waals surface area (Å²) in [5.74, 6) is 1.53. The number of nitrogens with zero attached hydrogens (tertiary/aromatic N) is 5. The molecule has 0 bridgehead atoms. The van der Waals surface area contributed by atoms with E-state index in [0.29, 0.717) is 11.7 Å². The molecule has 0 aliphatic carbocycles. The van der Waals surface area contributed by atoms with Crippen molar-refractivity contribution in [3.05, 3.63) is 63.5 Å². The van der Waals surface area contributed by atoms with Crippen LogP contribution in [0.2, 0.25) is 0 Å². The fraction of sp³-hybridized carbons (Fsp3) is 0.440. The van der Waals surface area contributed by atoms with E-state index in [1.807, 2.05) is 30.4 Å². The Morgan fingerprint density at radius 1 is 1.19 bits per heavy atom. The second-order valence-corrected chi connectivity index (χ2v) is 9.60. The van der Waals surface area contributed by atoms with Crippen LogP contribution in [0.25, 0.3) is 0 Å². The van der Waals surface area contributed by atoms with Crippen LogP contribution >= 0.6 is 11.3 Å². The number of hydrogen-bond donors (Lipinski definition) is 1. The first-order valence-corrected chi connectivity index (χ1v) is 12.3. The van der Waals surface area contributed by atoms with E-state index in [9.17, 15) is 0 Å². The number of nitrogens with one attached hydrogen (secondary N) is 1. The van der Waals surface area contributed by atoms with E-state index >= 15 is 0 Å². The van der Waals surface area contributed by atoms with Crippen LogP contribution in [-0.2, 0) is 13.0 Å². The molecule has 3 aromatic heterocycles. The third-order valence-corrected chi connectivity index (χ3v) is 6.95. The SMILES string of the molecule is CCCCc1ccc(CN2CCCC[C@@H]2c2cc(Nc3ccc(C#N)nc3)nc(C)n2)s1. The van der Waals surface area contributed by atoms with Gasteiger partial charge in [-0.3, -0.25) is 4.90 Å². The van der Waals surface area contributed by atoms with E-state index in [2.05, 4.69) is 45.3 Å². The molecule has 1 fully saturated rings. The zero-order valence-corrected chi connectivity index (χ0v) is 19.7. The summed E-state index contributed by atoms with van der Waals surface area (Å²) in [6.45, 7) is 6.26. The summed E-state index contributed by atoms with van der Waals surface area (Å²) >= 11 is 1.96. The summed E-state index contributed by atoms with van der Waals surface area (Å²) in [7, 11) is 0. The Balaban J connectivity index is 1.51. The van der Waals surface area contributed by atoms with Gasteiger partial charge in [0.2, 0.25) is 0 Å². The van der Waals surface area contributed by atoms with Gasteiger partial charge in [-0.05, 0) is 63.4 Å². The summed E-state index contributed by atoms with van der Waals surface area (Å²) in [6, 6.07) is 12.6. The topological polar surface area (TPSA) is 77.7 Å². The molecule has 0 spiro atoms. The average molecular weight is 447 g/mol. The lowest BCUT2D eigenvalue weighted by atomic mass is 9.98. The van der Waals surface area contributed by atoms with Gasteiger partial charge in [0.1, 0.15) is 23.4 Å². The van der Waals surface area contributed by atoms with Crippen LogP contribution in [0.15, 0.2) is 36.5 Å². The molecule has 166 valence electrons. The molecule has 0 saturated carbocycles. The molecule has 32 heavy (non-hydrogen) atoms. The van der Waals surface area contributed by atoms with Gasteiger partial charge >= 0.3 is 0 Å². The van der Waals surface area contributed by atoms with Crippen molar-refractivity contribution in [1.29, 1.82) is 5.26 Å². The first-order chi connectivity index (χ1) is 15.6. The lowest BCUT2D eigenvalue weighted by Crippen LogP contribution is -2.33. The molecule has 0 unspecified atom stereocenters. The quantitative estimate of drug-likeness (QED) is 0.462. The minimum absolute atomic E-state index is 0.297. The van der Waals surface area contributed by atoms with Crippen LogP contribution in [-0.4, -0.2) is 26.4 Å². The molecule has 6 nitrogen and oxygen atoms in total. The number of unbranched alkanes of at least 4 members (excludes halogenated alkanes) is 1.